The summed E-state index contributed by atoms with van der Waals surface area (Å²) in [6.07, 6.45) is 5.94. The van der Waals surface area contributed by atoms with Gasteiger partial charge in [-0.1, -0.05) is 20.3 Å². The van der Waals surface area contributed by atoms with Crippen molar-refractivity contribution in [2.45, 2.75) is 64.4 Å². The number of Topliss-reactive ketones (excluding diaryl/α,β-unsaturated/α-hetero) is 1. The van der Waals surface area contributed by atoms with Gasteiger partial charge in [-0.2, -0.15) is 0 Å². The fourth-order valence-electron chi connectivity index (χ4n) is 2.29. The van der Waals surface area contributed by atoms with E-state index in [9.17, 15) is 9.90 Å². The zero-order valence-corrected chi connectivity index (χ0v) is 9.38. The zero-order chi connectivity index (χ0) is 10.6. The molecule has 1 N–H and O–H groups in total. The first-order valence-electron chi connectivity index (χ1n) is 5.83. The van der Waals surface area contributed by atoms with Crippen LogP contribution in [0.3, 0.4) is 0 Å². The van der Waals surface area contributed by atoms with E-state index >= 15 is 0 Å². The number of carbonyl (C=O) groups is 1. The SMILES string of the molecule is CCC(=O)CC1(O)CCC(CC)CC1. The number of hydrogen-bond donors (Lipinski definition) is 1. The highest BCUT2D eigenvalue weighted by atomic mass is 16.3. The smallest absolute Gasteiger partial charge is 0.135 e. The van der Waals surface area contributed by atoms with E-state index in [4.69, 9.17) is 0 Å². The molecule has 1 aliphatic carbocycles. The van der Waals surface area contributed by atoms with Crippen LogP contribution in [0.15, 0.2) is 0 Å². The number of aliphatic hydroxyl groups is 1. The fraction of sp³-hybridized carbons (Fsp3) is 0.917. The first-order valence-corrected chi connectivity index (χ1v) is 5.83. The van der Waals surface area contributed by atoms with Crippen LogP contribution in [0.2, 0.25) is 0 Å². The molecule has 1 aliphatic rings. The monoisotopic (exact) mass is 198 g/mol. The van der Waals surface area contributed by atoms with Gasteiger partial charge in [-0.05, 0) is 31.6 Å². The Balaban J connectivity index is 2.41. The van der Waals surface area contributed by atoms with Crippen LogP contribution in [-0.4, -0.2) is 16.5 Å². The van der Waals surface area contributed by atoms with E-state index < -0.39 is 5.60 Å². The number of ketones is 1. The van der Waals surface area contributed by atoms with Crippen LogP contribution in [0, 0.1) is 5.92 Å². The van der Waals surface area contributed by atoms with Crippen LogP contribution < -0.4 is 0 Å². The lowest BCUT2D eigenvalue weighted by Gasteiger charge is -2.35. The van der Waals surface area contributed by atoms with Crippen molar-refractivity contribution in [2.75, 3.05) is 0 Å². The van der Waals surface area contributed by atoms with Crippen molar-refractivity contribution in [3.05, 3.63) is 0 Å². The van der Waals surface area contributed by atoms with E-state index in [0.29, 0.717) is 12.8 Å². The lowest BCUT2D eigenvalue weighted by Crippen LogP contribution is -2.36. The largest absolute Gasteiger partial charge is 0.389 e. The second kappa shape index (κ2) is 4.92. The topological polar surface area (TPSA) is 37.3 Å². The minimum Gasteiger partial charge on any atom is -0.389 e. The van der Waals surface area contributed by atoms with Crippen molar-refractivity contribution in [1.29, 1.82) is 0 Å². The van der Waals surface area contributed by atoms with Gasteiger partial charge in [0.25, 0.3) is 0 Å². The average molecular weight is 198 g/mol. The van der Waals surface area contributed by atoms with E-state index in [1.807, 2.05) is 6.92 Å². The number of hydrogen-bond acceptors (Lipinski definition) is 2. The molecule has 0 aliphatic heterocycles. The van der Waals surface area contributed by atoms with Crippen molar-refractivity contribution < 1.29 is 9.90 Å². The Morgan fingerprint density at radius 2 is 1.93 bits per heavy atom. The van der Waals surface area contributed by atoms with Gasteiger partial charge in [0, 0.05) is 12.8 Å². The molecule has 82 valence electrons. The highest BCUT2D eigenvalue weighted by Crippen LogP contribution is 2.35. The predicted molar refractivity (Wildman–Crippen MR) is 57.1 cm³/mol. The Labute approximate surface area is 86.7 Å². The molecule has 2 heteroatoms. The van der Waals surface area contributed by atoms with Crippen LogP contribution in [0.1, 0.15) is 58.8 Å². The molecule has 0 heterocycles. The van der Waals surface area contributed by atoms with Gasteiger partial charge in [0.2, 0.25) is 0 Å². The molecule has 0 aromatic heterocycles. The lowest BCUT2D eigenvalue weighted by atomic mass is 9.75. The Hall–Kier alpha value is -0.370. The van der Waals surface area contributed by atoms with Crippen LogP contribution in [-0.2, 0) is 4.79 Å². The van der Waals surface area contributed by atoms with Crippen molar-refractivity contribution in [3.8, 4) is 0 Å². The molecule has 0 spiro atoms. The van der Waals surface area contributed by atoms with Gasteiger partial charge in [-0.15, -0.1) is 0 Å². The van der Waals surface area contributed by atoms with Gasteiger partial charge in [-0.25, -0.2) is 0 Å². The minimum absolute atomic E-state index is 0.197. The summed E-state index contributed by atoms with van der Waals surface area (Å²) in [5, 5.41) is 10.2. The first-order chi connectivity index (χ1) is 6.59. The highest BCUT2D eigenvalue weighted by molar-refractivity contribution is 5.79. The first kappa shape index (κ1) is 11.7. The molecule has 0 unspecified atom stereocenters. The molecule has 14 heavy (non-hydrogen) atoms. The van der Waals surface area contributed by atoms with E-state index in [2.05, 4.69) is 6.92 Å². The highest BCUT2D eigenvalue weighted by Gasteiger charge is 2.33. The summed E-state index contributed by atoms with van der Waals surface area (Å²) in [7, 11) is 0. The van der Waals surface area contributed by atoms with Crippen LogP contribution in [0.4, 0.5) is 0 Å². The third-order valence-corrected chi connectivity index (χ3v) is 3.53. The quantitative estimate of drug-likeness (QED) is 0.754. The lowest BCUT2D eigenvalue weighted by molar-refractivity contribution is -0.125. The minimum atomic E-state index is -0.668. The average Bonchev–Trinajstić information content (AvgIpc) is 2.18. The Bertz CT molecular complexity index is 190. The standard InChI is InChI=1S/C12H22O2/c1-3-10-5-7-12(14,8-6-10)9-11(13)4-2/h10,14H,3-9H2,1-2H3. The maximum absolute atomic E-state index is 11.3. The Morgan fingerprint density at radius 1 is 1.36 bits per heavy atom. The molecule has 0 aromatic carbocycles. The van der Waals surface area contributed by atoms with E-state index in [-0.39, 0.29) is 5.78 Å². The summed E-state index contributed by atoms with van der Waals surface area (Å²) in [6, 6.07) is 0. The summed E-state index contributed by atoms with van der Waals surface area (Å²) < 4.78 is 0. The molecule has 1 fully saturated rings. The van der Waals surface area contributed by atoms with Crippen LogP contribution >= 0.6 is 0 Å². The molecule has 1 saturated carbocycles. The Morgan fingerprint density at radius 3 is 2.36 bits per heavy atom. The van der Waals surface area contributed by atoms with Gasteiger partial charge in [0.1, 0.15) is 5.78 Å². The fourth-order valence-corrected chi connectivity index (χ4v) is 2.29. The van der Waals surface area contributed by atoms with Gasteiger partial charge < -0.3 is 5.11 Å². The molecule has 2 nitrogen and oxygen atoms in total. The summed E-state index contributed by atoms with van der Waals surface area (Å²) in [6.45, 7) is 4.07. The molecule has 0 bridgehead atoms. The van der Waals surface area contributed by atoms with E-state index in [0.717, 1.165) is 31.6 Å². The van der Waals surface area contributed by atoms with Crippen molar-refractivity contribution in [1.82, 2.24) is 0 Å². The number of rotatable bonds is 4. The van der Waals surface area contributed by atoms with Crippen molar-refractivity contribution >= 4 is 5.78 Å². The second-order valence-corrected chi connectivity index (χ2v) is 4.64. The van der Waals surface area contributed by atoms with Gasteiger partial charge in [0.05, 0.1) is 5.60 Å². The molecular weight excluding hydrogens is 176 g/mol. The third-order valence-electron chi connectivity index (χ3n) is 3.53. The van der Waals surface area contributed by atoms with E-state index in [1.54, 1.807) is 0 Å². The van der Waals surface area contributed by atoms with E-state index in [1.165, 1.54) is 6.42 Å². The third kappa shape index (κ3) is 3.09. The number of carbonyl (C=O) groups excluding carboxylic acids is 1. The van der Waals surface area contributed by atoms with Crippen LogP contribution in [0.5, 0.6) is 0 Å². The maximum atomic E-state index is 11.3. The normalized spacial score (nSPS) is 32.9. The molecule has 0 aromatic rings. The zero-order valence-electron chi connectivity index (χ0n) is 9.38. The molecule has 0 saturated heterocycles. The molecule has 0 amide bonds. The molecule has 1 rings (SSSR count). The van der Waals surface area contributed by atoms with Crippen molar-refractivity contribution in [2.24, 2.45) is 5.92 Å². The van der Waals surface area contributed by atoms with Crippen LogP contribution in [0.25, 0.3) is 0 Å². The summed E-state index contributed by atoms with van der Waals surface area (Å²) in [4.78, 5) is 11.3. The molecule has 0 atom stereocenters. The van der Waals surface area contributed by atoms with Gasteiger partial charge in [-0.3, -0.25) is 4.79 Å². The Kier molecular flexibility index (Phi) is 4.11. The van der Waals surface area contributed by atoms with Crippen molar-refractivity contribution in [3.63, 3.8) is 0 Å². The predicted octanol–water partition coefficient (Wildman–Crippen LogP) is 2.69. The second-order valence-electron chi connectivity index (χ2n) is 4.64. The summed E-state index contributed by atoms with van der Waals surface area (Å²) in [5.41, 5.74) is -0.668. The van der Waals surface area contributed by atoms with Gasteiger partial charge >= 0.3 is 0 Å². The summed E-state index contributed by atoms with van der Waals surface area (Å²) in [5.74, 6) is 0.967. The molecule has 0 radical (unpaired) electrons. The maximum Gasteiger partial charge on any atom is 0.135 e. The molecular formula is C12H22O2. The van der Waals surface area contributed by atoms with Gasteiger partial charge in [0.15, 0.2) is 0 Å². The summed E-state index contributed by atoms with van der Waals surface area (Å²) >= 11 is 0.